The Bertz CT molecular complexity index is 487. The molecule has 0 bridgehead atoms. The van der Waals surface area contributed by atoms with Crippen molar-refractivity contribution in [3.05, 3.63) is 54.0 Å². The zero-order valence-electron chi connectivity index (χ0n) is 10.6. The molecule has 0 saturated heterocycles. The molecule has 4 heteroatoms. The minimum atomic E-state index is 0.191. The first kappa shape index (κ1) is 12.5. The van der Waals surface area contributed by atoms with Crippen LogP contribution >= 0.6 is 0 Å². The van der Waals surface area contributed by atoms with Crippen molar-refractivity contribution in [2.45, 2.75) is 19.5 Å². The predicted octanol–water partition coefficient (Wildman–Crippen LogP) is 2.34. The first-order valence-corrected chi connectivity index (χ1v) is 5.93. The monoisotopic (exact) mass is 243 g/mol. The van der Waals surface area contributed by atoms with Gasteiger partial charge in [-0.1, -0.05) is 12.1 Å². The van der Waals surface area contributed by atoms with Crippen molar-refractivity contribution in [1.29, 1.82) is 0 Å². The molecule has 2 aromatic rings. The van der Waals surface area contributed by atoms with E-state index in [0.29, 0.717) is 12.4 Å². The molecule has 94 valence electrons. The van der Waals surface area contributed by atoms with Crippen LogP contribution in [0.15, 0.2) is 42.7 Å². The van der Waals surface area contributed by atoms with Gasteiger partial charge in [0.2, 0.25) is 5.88 Å². The summed E-state index contributed by atoms with van der Waals surface area (Å²) in [7, 11) is 1.63. The quantitative estimate of drug-likeness (QED) is 0.875. The van der Waals surface area contributed by atoms with E-state index in [9.17, 15) is 0 Å². The van der Waals surface area contributed by atoms with Gasteiger partial charge >= 0.3 is 0 Å². The number of nitrogens with zero attached hydrogens (tertiary/aromatic N) is 2. The Morgan fingerprint density at radius 1 is 1.17 bits per heavy atom. The molecule has 18 heavy (non-hydrogen) atoms. The van der Waals surface area contributed by atoms with Crippen LogP contribution in [-0.4, -0.2) is 17.1 Å². The fraction of sp³-hybridized carbons (Fsp3) is 0.286. The number of pyridine rings is 2. The van der Waals surface area contributed by atoms with E-state index < -0.39 is 0 Å². The lowest BCUT2D eigenvalue weighted by Crippen LogP contribution is -2.19. The van der Waals surface area contributed by atoms with E-state index in [0.717, 1.165) is 11.3 Å². The van der Waals surface area contributed by atoms with Crippen LogP contribution in [0.2, 0.25) is 0 Å². The molecule has 0 aliphatic rings. The minimum absolute atomic E-state index is 0.191. The Balaban J connectivity index is 1.99. The highest BCUT2D eigenvalue weighted by molar-refractivity contribution is 5.25. The summed E-state index contributed by atoms with van der Waals surface area (Å²) >= 11 is 0. The first-order chi connectivity index (χ1) is 8.81. The number of rotatable bonds is 5. The molecule has 0 saturated carbocycles. The number of aromatic nitrogens is 2. The number of hydrogen-bond donors (Lipinski definition) is 1. The molecule has 1 atom stereocenters. The fourth-order valence-corrected chi connectivity index (χ4v) is 1.74. The zero-order chi connectivity index (χ0) is 12.8. The third-order valence-corrected chi connectivity index (χ3v) is 2.77. The summed E-state index contributed by atoms with van der Waals surface area (Å²) in [5, 5.41) is 3.41. The Labute approximate surface area is 107 Å². The SMILES string of the molecule is COc1ncccc1CN[C@@H](C)c1ccccn1. The molecule has 0 aliphatic carbocycles. The highest BCUT2D eigenvalue weighted by Gasteiger charge is 2.08. The molecule has 0 radical (unpaired) electrons. The highest BCUT2D eigenvalue weighted by atomic mass is 16.5. The first-order valence-electron chi connectivity index (χ1n) is 5.93. The maximum atomic E-state index is 5.22. The van der Waals surface area contributed by atoms with Gasteiger partial charge < -0.3 is 10.1 Å². The lowest BCUT2D eigenvalue weighted by molar-refractivity contribution is 0.389. The number of hydrogen-bond acceptors (Lipinski definition) is 4. The van der Waals surface area contributed by atoms with E-state index in [1.807, 2.05) is 30.3 Å². The summed E-state index contributed by atoms with van der Waals surface area (Å²) in [6.45, 7) is 2.79. The molecule has 1 N–H and O–H groups in total. The molecule has 2 heterocycles. The van der Waals surface area contributed by atoms with Crippen molar-refractivity contribution in [1.82, 2.24) is 15.3 Å². The molecule has 0 spiro atoms. The predicted molar refractivity (Wildman–Crippen MR) is 70.3 cm³/mol. The van der Waals surface area contributed by atoms with Gasteiger partial charge in [-0.05, 0) is 25.1 Å². The van der Waals surface area contributed by atoms with Gasteiger partial charge in [-0.25, -0.2) is 4.98 Å². The topological polar surface area (TPSA) is 47.0 Å². The van der Waals surface area contributed by atoms with Crippen molar-refractivity contribution in [3.8, 4) is 5.88 Å². The maximum absolute atomic E-state index is 5.22. The second-order valence-corrected chi connectivity index (χ2v) is 4.03. The van der Waals surface area contributed by atoms with Gasteiger partial charge in [-0.15, -0.1) is 0 Å². The van der Waals surface area contributed by atoms with Gasteiger partial charge in [0.25, 0.3) is 0 Å². The normalized spacial score (nSPS) is 12.1. The highest BCUT2D eigenvalue weighted by Crippen LogP contribution is 2.15. The summed E-state index contributed by atoms with van der Waals surface area (Å²) in [6.07, 6.45) is 3.53. The molecule has 4 nitrogen and oxygen atoms in total. The van der Waals surface area contributed by atoms with Crippen molar-refractivity contribution >= 4 is 0 Å². The minimum Gasteiger partial charge on any atom is -0.481 e. The van der Waals surface area contributed by atoms with Crippen molar-refractivity contribution < 1.29 is 4.74 Å². The van der Waals surface area contributed by atoms with Crippen molar-refractivity contribution in [3.63, 3.8) is 0 Å². The molecule has 0 unspecified atom stereocenters. The van der Waals surface area contributed by atoms with Crippen LogP contribution in [0, 0.1) is 0 Å². The summed E-state index contributed by atoms with van der Waals surface area (Å²) in [5.74, 6) is 0.665. The van der Waals surface area contributed by atoms with Crippen LogP contribution in [-0.2, 0) is 6.54 Å². The van der Waals surface area contributed by atoms with E-state index in [1.54, 1.807) is 19.5 Å². The second-order valence-electron chi connectivity index (χ2n) is 4.03. The van der Waals surface area contributed by atoms with Crippen LogP contribution in [0.5, 0.6) is 5.88 Å². The van der Waals surface area contributed by atoms with Crippen LogP contribution in [0.4, 0.5) is 0 Å². The van der Waals surface area contributed by atoms with Gasteiger partial charge in [0.05, 0.1) is 12.8 Å². The van der Waals surface area contributed by atoms with E-state index in [-0.39, 0.29) is 6.04 Å². The van der Waals surface area contributed by atoms with E-state index >= 15 is 0 Å². The smallest absolute Gasteiger partial charge is 0.217 e. The molecule has 0 aliphatic heterocycles. The lowest BCUT2D eigenvalue weighted by Gasteiger charge is -2.14. The Morgan fingerprint density at radius 3 is 2.72 bits per heavy atom. The zero-order valence-corrected chi connectivity index (χ0v) is 10.6. The van der Waals surface area contributed by atoms with Crippen LogP contribution < -0.4 is 10.1 Å². The number of nitrogens with one attached hydrogen (secondary N) is 1. The van der Waals surface area contributed by atoms with Crippen molar-refractivity contribution in [2.24, 2.45) is 0 Å². The molecule has 0 aromatic carbocycles. The number of methoxy groups -OCH3 is 1. The lowest BCUT2D eigenvalue weighted by atomic mass is 10.2. The summed E-state index contributed by atoms with van der Waals surface area (Å²) < 4.78 is 5.22. The van der Waals surface area contributed by atoms with Crippen molar-refractivity contribution in [2.75, 3.05) is 7.11 Å². The van der Waals surface area contributed by atoms with Gasteiger partial charge in [-0.2, -0.15) is 0 Å². The largest absolute Gasteiger partial charge is 0.481 e. The van der Waals surface area contributed by atoms with E-state index in [1.165, 1.54) is 0 Å². The molecule has 0 amide bonds. The Kier molecular flexibility index (Phi) is 4.25. The third-order valence-electron chi connectivity index (χ3n) is 2.77. The standard InChI is InChI=1S/C14H17N3O/c1-11(13-7-3-4-8-15-13)17-10-12-6-5-9-16-14(12)18-2/h3-9,11,17H,10H2,1-2H3/t11-/m0/s1. The molecule has 2 rings (SSSR count). The summed E-state index contributed by atoms with van der Waals surface area (Å²) in [4.78, 5) is 8.49. The molecule has 2 aromatic heterocycles. The second kappa shape index (κ2) is 6.12. The number of ether oxygens (including phenoxy) is 1. The van der Waals surface area contributed by atoms with Crippen LogP contribution in [0.25, 0.3) is 0 Å². The average Bonchev–Trinajstić information content (AvgIpc) is 2.46. The third kappa shape index (κ3) is 3.05. The fourth-order valence-electron chi connectivity index (χ4n) is 1.74. The van der Waals surface area contributed by atoms with Crippen LogP contribution in [0.1, 0.15) is 24.2 Å². The Hall–Kier alpha value is -1.94. The molecule has 0 fully saturated rings. The maximum Gasteiger partial charge on any atom is 0.217 e. The van der Waals surface area contributed by atoms with E-state index in [4.69, 9.17) is 4.74 Å². The van der Waals surface area contributed by atoms with Gasteiger partial charge in [-0.3, -0.25) is 4.98 Å². The molecular weight excluding hydrogens is 226 g/mol. The van der Waals surface area contributed by atoms with E-state index in [2.05, 4.69) is 22.2 Å². The Morgan fingerprint density at radius 2 is 2.00 bits per heavy atom. The average molecular weight is 243 g/mol. The van der Waals surface area contributed by atoms with Gasteiger partial charge in [0.15, 0.2) is 0 Å². The summed E-state index contributed by atoms with van der Waals surface area (Å²) in [5.41, 5.74) is 2.07. The van der Waals surface area contributed by atoms with Crippen LogP contribution in [0.3, 0.4) is 0 Å². The molecular formula is C14H17N3O. The summed E-state index contributed by atoms with van der Waals surface area (Å²) in [6, 6.07) is 10.0. The van der Waals surface area contributed by atoms with Gasteiger partial charge in [0, 0.05) is 30.5 Å². The van der Waals surface area contributed by atoms with Gasteiger partial charge in [0.1, 0.15) is 0 Å².